The molecule has 0 spiro atoms. The maximum absolute atomic E-state index is 5.86. The Balaban J connectivity index is 1.93. The molecular weight excluding hydrogens is 226 g/mol. The smallest absolute Gasteiger partial charge is 0.157 e. The highest BCUT2D eigenvalue weighted by molar-refractivity contribution is 5.28. The van der Waals surface area contributed by atoms with E-state index in [2.05, 4.69) is 12.2 Å². The van der Waals surface area contributed by atoms with Crippen LogP contribution in [0.15, 0.2) is 0 Å². The number of hydrogen-bond donors (Lipinski definition) is 1. The number of hydrogen-bond acceptors (Lipinski definition) is 4. The summed E-state index contributed by atoms with van der Waals surface area (Å²) in [5.41, 5.74) is 3.63. The second-order valence-corrected chi connectivity index (χ2v) is 5.23. The molecular formula is C14H21N3O. The van der Waals surface area contributed by atoms with Gasteiger partial charge in [0.2, 0.25) is 0 Å². The van der Waals surface area contributed by atoms with E-state index >= 15 is 0 Å². The molecule has 1 aromatic rings. The summed E-state index contributed by atoms with van der Waals surface area (Å²) < 4.78 is 5.86. The van der Waals surface area contributed by atoms with E-state index in [0.29, 0.717) is 5.92 Å². The largest absolute Gasteiger partial charge is 0.370 e. The number of aromatic nitrogens is 2. The van der Waals surface area contributed by atoms with Crippen LogP contribution in [0.1, 0.15) is 48.6 Å². The molecule has 1 aliphatic heterocycles. The van der Waals surface area contributed by atoms with Gasteiger partial charge >= 0.3 is 0 Å². The van der Waals surface area contributed by atoms with Gasteiger partial charge < -0.3 is 10.1 Å². The Kier molecular flexibility index (Phi) is 3.31. The molecule has 1 N–H and O–H groups in total. The van der Waals surface area contributed by atoms with Crippen molar-refractivity contribution in [1.82, 2.24) is 15.3 Å². The second kappa shape index (κ2) is 4.94. The Morgan fingerprint density at radius 2 is 2.22 bits per heavy atom. The summed E-state index contributed by atoms with van der Waals surface area (Å²) in [5, 5.41) is 3.38. The fourth-order valence-electron chi connectivity index (χ4n) is 2.66. The van der Waals surface area contributed by atoms with Gasteiger partial charge in [0.05, 0.1) is 5.69 Å². The Labute approximate surface area is 108 Å². The van der Waals surface area contributed by atoms with Crippen LogP contribution in [0.25, 0.3) is 0 Å². The van der Waals surface area contributed by atoms with Gasteiger partial charge in [0.15, 0.2) is 5.82 Å². The van der Waals surface area contributed by atoms with Crippen molar-refractivity contribution < 1.29 is 4.74 Å². The van der Waals surface area contributed by atoms with E-state index in [1.807, 2.05) is 6.92 Å². The highest BCUT2D eigenvalue weighted by Gasteiger charge is 2.35. The third-order valence-corrected chi connectivity index (χ3v) is 3.81. The van der Waals surface area contributed by atoms with Crippen molar-refractivity contribution in [2.24, 2.45) is 5.92 Å². The van der Waals surface area contributed by atoms with Crippen molar-refractivity contribution in [1.29, 1.82) is 0 Å². The van der Waals surface area contributed by atoms with E-state index in [9.17, 15) is 0 Å². The van der Waals surface area contributed by atoms with Crippen molar-refractivity contribution in [2.75, 3.05) is 13.2 Å². The molecule has 4 heteroatoms. The maximum Gasteiger partial charge on any atom is 0.157 e. The third-order valence-electron chi connectivity index (χ3n) is 3.81. The molecule has 0 bridgehead atoms. The molecule has 4 nitrogen and oxygen atoms in total. The number of rotatable bonds is 4. The summed E-state index contributed by atoms with van der Waals surface area (Å²) >= 11 is 0. The molecule has 18 heavy (non-hydrogen) atoms. The first-order valence-electron chi connectivity index (χ1n) is 6.98. The number of nitrogens with zero attached hydrogens (tertiary/aromatic N) is 2. The van der Waals surface area contributed by atoms with E-state index < -0.39 is 0 Å². The van der Waals surface area contributed by atoms with Gasteiger partial charge in [0.1, 0.15) is 6.10 Å². The molecule has 3 rings (SSSR count). The molecule has 0 radical (unpaired) electrons. The Bertz CT molecular complexity index is 443. The van der Waals surface area contributed by atoms with Crippen LogP contribution in [-0.2, 0) is 17.7 Å². The summed E-state index contributed by atoms with van der Waals surface area (Å²) in [6.07, 6.45) is 3.64. The number of fused-ring (bicyclic) bond motifs is 1. The van der Waals surface area contributed by atoms with Gasteiger partial charge in [0.25, 0.3) is 0 Å². The van der Waals surface area contributed by atoms with Gasteiger partial charge in [-0.05, 0) is 32.6 Å². The van der Waals surface area contributed by atoms with E-state index in [0.717, 1.165) is 37.6 Å². The molecule has 1 aliphatic carbocycles. The summed E-state index contributed by atoms with van der Waals surface area (Å²) in [4.78, 5) is 9.47. The third kappa shape index (κ3) is 2.27. The van der Waals surface area contributed by atoms with Gasteiger partial charge in [-0.25, -0.2) is 9.97 Å². The zero-order valence-corrected chi connectivity index (χ0v) is 11.2. The van der Waals surface area contributed by atoms with Gasteiger partial charge in [-0.2, -0.15) is 0 Å². The Morgan fingerprint density at radius 3 is 2.94 bits per heavy atom. The van der Waals surface area contributed by atoms with Crippen molar-refractivity contribution in [3.05, 3.63) is 22.8 Å². The molecule has 0 saturated heterocycles. The monoisotopic (exact) mass is 247 g/mol. The first-order chi connectivity index (χ1) is 8.79. The molecule has 98 valence electrons. The lowest BCUT2D eigenvalue weighted by Gasteiger charge is -2.21. The lowest BCUT2D eigenvalue weighted by atomic mass is 10.1. The van der Waals surface area contributed by atoms with Crippen LogP contribution in [0, 0.1) is 12.8 Å². The highest BCUT2D eigenvalue weighted by Crippen LogP contribution is 2.42. The van der Waals surface area contributed by atoms with Crippen molar-refractivity contribution in [2.45, 2.75) is 45.8 Å². The SMILES string of the molecule is CCOC(c1nc(C)c2c(n1)CCNC2)C1CC1. The minimum atomic E-state index is 0.119. The first kappa shape index (κ1) is 12.1. The summed E-state index contributed by atoms with van der Waals surface area (Å²) in [6, 6.07) is 0. The minimum absolute atomic E-state index is 0.119. The quantitative estimate of drug-likeness (QED) is 0.883. The maximum atomic E-state index is 5.86. The fourth-order valence-corrected chi connectivity index (χ4v) is 2.66. The van der Waals surface area contributed by atoms with Crippen molar-refractivity contribution in [3.63, 3.8) is 0 Å². The van der Waals surface area contributed by atoms with Crippen LogP contribution >= 0.6 is 0 Å². The van der Waals surface area contributed by atoms with Gasteiger partial charge in [-0.15, -0.1) is 0 Å². The van der Waals surface area contributed by atoms with E-state index in [4.69, 9.17) is 14.7 Å². The normalized spacial score (nSPS) is 20.6. The van der Waals surface area contributed by atoms with Crippen LogP contribution in [0.5, 0.6) is 0 Å². The molecule has 2 aliphatic rings. The molecule has 1 saturated carbocycles. The van der Waals surface area contributed by atoms with E-state index in [1.165, 1.54) is 24.1 Å². The lowest BCUT2D eigenvalue weighted by molar-refractivity contribution is 0.0397. The van der Waals surface area contributed by atoms with Crippen LogP contribution in [-0.4, -0.2) is 23.1 Å². The standard InChI is InChI=1S/C14H21N3O/c1-3-18-13(10-4-5-10)14-16-9(2)11-8-15-7-6-12(11)17-14/h10,13,15H,3-8H2,1-2H3. The predicted octanol–water partition coefficient (Wildman–Crippen LogP) is 1.92. The molecule has 1 unspecified atom stereocenters. The molecule has 1 fully saturated rings. The molecule has 1 atom stereocenters. The van der Waals surface area contributed by atoms with Crippen LogP contribution in [0.4, 0.5) is 0 Å². The molecule has 1 aromatic heterocycles. The summed E-state index contributed by atoms with van der Waals surface area (Å²) in [5.74, 6) is 1.56. The summed E-state index contributed by atoms with van der Waals surface area (Å²) in [6.45, 7) is 6.80. The average molecular weight is 247 g/mol. The highest BCUT2D eigenvalue weighted by atomic mass is 16.5. The zero-order chi connectivity index (χ0) is 12.5. The predicted molar refractivity (Wildman–Crippen MR) is 69.3 cm³/mol. The number of aryl methyl sites for hydroxylation is 1. The van der Waals surface area contributed by atoms with Crippen molar-refractivity contribution >= 4 is 0 Å². The number of nitrogens with one attached hydrogen (secondary N) is 1. The topological polar surface area (TPSA) is 47.0 Å². The van der Waals surface area contributed by atoms with E-state index in [-0.39, 0.29) is 6.10 Å². The van der Waals surface area contributed by atoms with Crippen LogP contribution in [0.2, 0.25) is 0 Å². The average Bonchev–Trinajstić information content (AvgIpc) is 3.20. The Hall–Kier alpha value is -1.00. The van der Waals surface area contributed by atoms with Gasteiger partial charge in [-0.1, -0.05) is 0 Å². The molecule has 2 heterocycles. The zero-order valence-electron chi connectivity index (χ0n) is 11.2. The summed E-state index contributed by atoms with van der Waals surface area (Å²) in [7, 11) is 0. The second-order valence-electron chi connectivity index (χ2n) is 5.23. The van der Waals surface area contributed by atoms with Gasteiger partial charge in [-0.3, -0.25) is 0 Å². The van der Waals surface area contributed by atoms with Crippen LogP contribution in [0.3, 0.4) is 0 Å². The van der Waals surface area contributed by atoms with E-state index in [1.54, 1.807) is 0 Å². The first-order valence-corrected chi connectivity index (χ1v) is 6.98. The minimum Gasteiger partial charge on any atom is -0.370 e. The fraction of sp³-hybridized carbons (Fsp3) is 0.714. The van der Waals surface area contributed by atoms with Crippen LogP contribution < -0.4 is 5.32 Å². The van der Waals surface area contributed by atoms with Crippen molar-refractivity contribution in [3.8, 4) is 0 Å². The lowest BCUT2D eigenvalue weighted by Crippen LogP contribution is -2.27. The Morgan fingerprint density at radius 1 is 1.39 bits per heavy atom. The molecule has 0 amide bonds. The number of ether oxygens (including phenoxy) is 1. The van der Waals surface area contributed by atoms with Gasteiger partial charge in [0, 0.05) is 37.4 Å². The molecule has 0 aromatic carbocycles.